The first kappa shape index (κ1) is 12.4. The average molecular weight is 289 g/mol. The van der Waals surface area contributed by atoms with E-state index in [1.165, 1.54) is 27.0 Å². The zero-order valence-corrected chi connectivity index (χ0v) is 12.4. The summed E-state index contributed by atoms with van der Waals surface area (Å²) in [6.45, 7) is 0. The molecule has 0 aliphatic rings. The standard InChI is InChI=1S/C19H15NS/c1-2-7-16(8-3-1)20-14-15(13-17-9-6-12-21-17)18-10-4-5-11-19(18)20/h1-12,14H,13H2. The van der Waals surface area contributed by atoms with Crippen LogP contribution < -0.4 is 0 Å². The molecule has 0 amide bonds. The first-order valence-electron chi connectivity index (χ1n) is 7.08. The first-order chi connectivity index (χ1) is 10.4. The van der Waals surface area contributed by atoms with Gasteiger partial charge in [-0.1, -0.05) is 42.5 Å². The lowest BCUT2D eigenvalue weighted by atomic mass is 10.1. The molecule has 102 valence electrons. The Kier molecular flexibility index (Phi) is 3.09. The van der Waals surface area contributed by atoms with Crippen LogP contribution >= 0.6 is 11.3 Å². The predicted molar refractivity (Wildman–Crippen MR) is 90.4 cm³/mol. The van der Waals surface area contributed by atoms with Gasteiger partial charge in [-0.25, -0.2) is 0 Å². The van der Waals surface area contributed by atoms with Crippen molar-refractivity contribution in [1.82, 2.24) is 4.57 Å². The second kappa shape index (κ2) is 5.23. The number of nitrogens with zero attached hydrogens (tertiary/aromatic N) is 1. The van der Waals surface area contributed by atoms with Gasteiger partial charge in [0.2, 0.25) is 0 Å². The second-order valence-electron chi connectivity index (χ2n) is 5.13. The van der Waals surface area contributed by atoms with Crippen LogP contribution in [0, 0.1) is 0 Å². The summed E-state index contributed by atoms with van der Waals surface area (Å²) in [5.41, 5.74) is 3.87. The molecule has 0 spiro atoms. The molecule has 0 atom stereocenters. The zero-order chi connectivity index (χ0) is 14.1. The van der Waals surface area contributed by atoms with Gasteiger partial charge in [0.15, 0.2) is 0 Å². The molecule has 0 aliphatic carbocycles. The number of hydrogen-bond donors (Lipinski definition) is 0. The highest BCUT2D eigenvalue weighted by Gasteiger charge is 2.10. The number of thiophene rings is 1. The fourth-order valence-corrected chi connectivity index (χ4v) is 3.52. The van der Waals surface area contributed by atoms with Gasteiger partial charge in [0.1, 0.15) is 0 Å². The van der Waals surface area contributed by atoms with Crippen LogP contribution in [0.5, 0.6) is 0 Å². The normalized spacial score (nSPS) is 11.0. The van der Waals surface area contributed by atoms with E-state index in [4.69, 9.17) is 0 Å². The maximum atomic E-state index is 2.29. The maximum absolute atomic E-state index is 2.29. The molecule has 0 unspecified atom stereocenters. The predicted octanol–water partition coefficient (Wildman–Crippen LogP) is 5.28. The highest BCUT2D eigenvalue weighted by molar-refractivity contribution is 7.09. The summed E-state index contributed by atoms with van der Waals surface area (Å²) in [5.74, 6) is 0. The van der Waals surface area contributed by atoms with E-state index in [9.17, 15) is 0 Å². The summed E-state index contributed by atoms with van der Waals surface area (Å²) >= 11 is 1.82. The van der Waals surface area contributed by atoms with E-state index in [-0.39, 0.29) is 0 Å². The Morgan fingerprint density at radius 2 is 1.62 bits per heavy atom. The Balaban J connectivity index is 1.89. The smallest absolute Gasteiger partial charge is 0.0531 e. The molecule has 21 heavy (non-hydrogen) atoms. The van der Waals surface area contributed by atoms with Crippen molar-refractivity contribution in [2.75, 3.05) is 0 Å². The second-order valence-corrected chi connectivity index (χ2v) is 6.17. The Hall–Kier alpha value is -2.32. The number of para-hydroxylation sites is 2. The number of rotatable bonds is 3. The summed E-state index contributed by atoms with van der Waals surface area (Å²) in [5, 5.41) is 3.49. The van der Waals surface area contributed by atoms with Crippen molar-refractivity contribution in [3.05, 3.63) is 88.7 Å². The molecule has 4 rings (SSSR count). The number of fused-ring (bicyclic) bond motifs is 1. The summed E-state index contributed by atoms with van der Waals surface area (Å²) in [7, 11) is 0. The minimum Gasteiger partial charge on any atom is -0.316 e. The summed E-state index contributed by atoms with van der Waals surface area (Å²) in [6.07, 6.45) is 3.28. The molecule has 4 aromatic rings. The van der Waals surface area contributed by atoms with Crippen molar-refractivity contribution >= 4 is 22.2 Å². The van der Waals surface area contributed by atoms with Crippen molar-refractivity contribution in [2.24, 2.45) is 0 Å². The summed E-state index contributed by atoms with van der Waals surface area (Å²) in [4.78, 5) is 1.41. The van der Waals surface area contributed by atoms with Gasteiger partial charge in [-0.15, -0.1) is 11.3 Å². The van der Waals surface area contributed by atoms with Gasteiger partial charge < -0.3 is 4.57 Å². The highest BCUT2D eigenvalue weighted by Crippen LogP contribution is 2.27. The number of hydrogen-bond acceptors (Lipinski definition) is 1. The largest absolute Gasteiger partial charge is 0.316 e. The minimum absolute atomic E-state index is 0.998. The van der Waals surface area contributed by atoms with Crippen molar-refractivity contribution in [1.29, 1.82) is 0 Å². The van der Waals surface area contributed by atoms with Crippen LogP contribution in [-0.4, -0.2) is 4.57 Å². The van der Waals surface area contributed by atoms with E-state index < -0.39 is 0 Å². The van der Waals surface area contributed by atoms with Crippen molar-refractivity contribution < 1.29 is 0 Å². The fraction of sp³-hybridized carbons (Fsp3) is 0.0526. The first-order valence-corrected chi connectivity index (χ1v) is 7.96. The van der Waals surface area contributed by atoms with Gasteiger partial charge in [0.05, 0.1) is 5.52 Å². The Morgan fingerprint density at radius 3 is 2.43 bits per heavy atom. The topological polar surface area (TPSA) is 4.93 Å². The third-order valence-electron chi connectivity index (χ3n) is 3.77. The SMILES string of the molecule is c1ccc(-n2cc(Cc3cccs3)c3ccccc32)cc1. The third kappa shape index (κ3) is 2.28. The lowest BCUT2D eigenvalue weighted by Crippen LogP contribution is -1.90. The molecular weight excluding hydrogens is 274 g/mol. The highest BCUT2D eigenvalue weighted by atomic mass is 32.1. The third-order valence-corrected chi connectivity index (χ3v) is 4.65. The molecule has 0 aliphatic heterocycles. The van der Waals surface area contributed by atoms with E-state index in [1.807, 2.05) is 11.3 Å². The summed E-state index contributed by atoms with van der Waals surface area (Å²) < 4.78 is 2.29. The lowest BCUT2D eigenvalue weighted by molar-refractivity contribution is 1.10. The molecule has 0 bridgehead atoms. The van der Waals surface area contributed by atoms with E-state index in [2.05, 4.69) is 82.9 Å². The maximum Gasteiger partial charge on any atom is 0.0531 e. The molecule has 2 heteroatoms. The molecule has 0 saturated heterocycles. The van der Waals surface area contributed by atoms with Crippen LogP contribution in [0.1, 0.15) is 10.4 Å². The molecular formula is C19H15NS. The van der Waals surface area contributed by atoms with Gasteiger partial charge in [-0.2, -0.15) is 0 Å². The Morgan fingerprint density at radius 1 is 0.810 bits per heavy atom. The van der Waals surface area contributed by atoms with Crippen molar-refractivity contribution in [3.63, 3.8) is 0 Å². The molecule has 2 aromatic carbocycles. The summed E-state index contributed by atoms with van der Waals surface area (Å²) in [6, 6.07) is 23.5. The van der Waals surface area contributed by atoms with E-state index in [0.29, 0.717) is 0 Å². The number of benzene rings is 2. The average Bonchev–Trinajstić information content (AvgIpc) is 3.17. The quantitative estimate of drug-likeness (QED) is 0.483. The fourth-order valence-electron chi connectivity index (χ4n) is 2.79. The molecule has 0 fully saturated rings. The molecule has 0 saturated carbocycles. The van der Waals surface area contributed by atoms with Crippen molar-refractivity contribution in [3.8, 4) is 5.69 Å². The number of aromatic nitrogens is 1. The van der Waals surface area contributed by atoms with Gasteiger partial charge in [-0.05, 0) is 35.2 Å². The monoisotopic (exact) mass is 289 g/mol. The minimum atomic E-state index is 0.998. The molecule has 0 N–H and O–H groups in total. The molecule has 1 nitrogen and oxygen atoms in total. The van der Waals surface area contributed by atoms with Crippen LogP contribution in [-0.2, 0) is 6.42 Å². The zero-order valence-electron chi connectivity index (χ0n) is 11.6. The Bertz CT molecular complexity index is 857. The molecule has 2 heterocycles. The van der Waals surface area contributed by atoms with Gasteiger partial charge in [0, 0.05) is 28.6 Å². The lowest BCUT2D eigenvalue weighted by Gasteiger charge is -2.04. The van der Waals surface area contributed by atoms with E-state index in [1.54, 1.807) is 0 Å². The van der Waals surface area contributed by atoms with Crippen LogP contribution in [0.4, 0.5) is 0 Å². The van der Waals surface area contributed by atoms with Crippen LogP contribution in [0.15, 0.2) is 78.3 Å². The van der Waals surface area contributed by atoms with E-state index >= 15 is 0 Å². The molecule has 2 aromatic heterocycles. The van der Waals surface area contributed by atoms with Crippen molar-refractivity contribution in [2.45, 2.75) is 6.42 Å². The van der Waals surface area contributed by atoms with Gasteiger partial charge in [0.25, 0.3) is 0 Å². The van der Waals surface area contributed by atoms with Crippen LogP contribution in [0.2, 0.25) is 0 Å². The van der Waals surface area contributed by atoms with Crippen LogP contribution in [0.3, 0.4) is 0 Å². The molecule has 0 radical (unpaired) electrons. The Labute approximate surface area is 128 Å². The van der Waals surface area contributed by atoms with Crippen LogP contribution in [0.25, 0.3) is 16.6 Å². The van der Waals surface area contributed by atoms with E-state index in [0.717, 1.165) is 6.42 Å². The van der Waals surface area contributed by atoms with Gasteiger partial charge >= 0.3 is 0 Å². The van der Waals surface area contributed by atoms with Gasteiger partial charge in [-0.3, -0.25) is 0 Å².